The molecule has 1 aromatic carbocycles. The third kappa shape index (κ3) is 4.35. The standard InChI is InChI=1S/C18H17N7O2S2/c1-3-15-21-23-18(29-15)19-14(26)10-28-16-9-8-13-20-22-17(25(13)24-16)11-4-6-12(27-2)7-5-11/h4-9H,3,10H2,1-2H3,(H,19,23,26). The van der Waals surface area contributed by atoms with Crippen molar-refractivity contribution in [2.45, 2.75) is 18.4 Å². The first-order chi connectivity index (χ1) is 14.2. The number of amides is 1. The summed E-state index contributed by atoms with van der Waals surface area (Å²) < 4.78 is 6.86. The summed E-state index contributed by atoms with van der Waals surface area (Å²) in [5, 5.41) is 25.8. The maximum Gasteiger partial charge on any atom is 0.236 e. The van der Waals surface area contributed by atoms with Crippen LogP contribution in [0.3, 0.4) is 0 Å². The first kappa shape index (κ1) is 19.3. The van der Waals surface area contributed by atoms with Crippen molar-refractivity contribution in [3.8, 4) is 17.1 Å². The molecule has 0 saturated heterocycles. The van der Waals surface area contributed by atoms with E-state index in [9.17, 15) is 4.79 Å². The van der Waals surface area contributed by atoms with Crippen molar-refractivity contribution >= 4 is 39.8 Å². The molecule has 0 atom stereocenters. The van der Waals surface area contributed by atoms with Gasteiger partial charge in [0.2, 0.25) is 11.0 Å². The van der Waals surface area contributed by atoms with Crippen LogP contribution in [0.15, 0.2) is 41.4 Å². The van der Waals surface area contributed by atoms with Gasteiger partial charge < -0.3 is 4.74 Å². The maximum absolute atomic E-state index is 12.2. The van der Waals surface area contributed by atoms with Crippen LogP contribution < -0.4 is 10.1 Å². The highest BCUT2D eigenvalue weighted by Gasteiger charge is 2.12. The predicted molar refractivity (Wildman–Crippen MR) is 111 cm³/mol. The molecule has 0 unspecified atom stereocenters. The number of methoxy groups -OCH3 is 1. The molecule has 1 N–H and O–H groups in total. The summed E-state index contributed by atoms with van der Waals surface area (Å²) in [5.41, 5.74) is 1.50. The molecule has 0 radical (unpaired) electrons. The topological polar surface area (TPSA) is 107 Å². The van der Waals surface area contributed by atoms with Gasteiger partial charge in [-0.25, -0.2) is 0 Å². The van der Waals surface area contributed by atoms with Crippen LogP contribution in [0.4, 0.5) is 5.13 Å². The molecule has 0 aliphatic carbocycles. The minimum atomic E-state index is -0.158. The fraction of sp³-hybridized carbons (Fsp3) is 0.222. The maximum atomic E-state index is 12.2. The number of carbonyl (C=O) groups is 1. The van der Waals surface area contributed by atoms with Gasteiger partial charge in [-0.05, 0) is 42.8 Å². The molecule has 3 heterocycles. The Morgan fingerprint density at radius 3 is 2.69 bits per heavy atom. The van der Waals surface area contributed by atoms with Gasteiger partial charge in [0.05, 0.1) is 12.9 Å². The molecule has 11 heteroatoms. The highest BCUT2D eigenvalue weighted by atomic mass is 32.2. The first-order valence-corrected chi connectivity index (χ1v) is 10.6. The molecule has 0 bridgehead atoms. The van der Waals surface area contributed by atoms with E-state index in [1.54, 1.807) is 11.6 Å². The Morgan fingerprint density at radius 2 is 1.97 bits per heavy atom. The lowest BCUT2D eigenvalue weighted by Gasteiger charge is -2.04. The highest BCUT2D eigenvalue weighted by Crippen LogP contribution is 2.23. The zero-order valence-electron chi connectivity index (χ0n) is 15.7. The number of nitrogens with one attached hydrogen (secondary N) is 1. The number of ether oxygens (including phenoxy) is 1. The number of anilines is 1. The number of nitrogens with zero attached hydrogens (tertiary/aromatic N) is 6. The van der Waals surface area contributed by atoms with Gasteiger partial charge in [0.15, 0.2) is 11.5 Å². The van der Waals surface area contributed by atoms with Crippen molar-refractivity contribution in [1.82, 2.24) is 30.0 Å². The van der Waals surface area contributed by atoms with E-state index < -0.39 is 0 Å². The quantitative estimate of drug-likeness (QED) is 0.449. The van der Waals surface area contributed by atoms with Crippen molar-refractivity contribution in [3.05, 3.63) is 41.4 Å². The summed E-state index contributed by atoms with van der Waals surface area (Å²) in [6, 6.07) is 11.2. The predicted octanol–water partition coefficient (Wildman–Crippen LogP) is 2.94. The highest BCUT2D eigenvalue weighted by molar-refractivity contribution is 7.99. The Labute approximate surface area is 174 Å². The molecule has 1 amide bonds. The molecule has 4 rings (SSSR count). The third-order valence-electron chi connectivity index (χ3n) is 3.95. The Balaban J connectivity index is 1.47. The number of aromatic nitrogens is 6. The number of benzene rings is 1. The van der Waals surface area contributed by atoms with Crippen LogP contribution in [0, 0.1) is 0 Å². The van der Waals surface area contributed by atoms with Crippen LogP contribution in [-0.4, -0.2) is 48.8 Å². The minimum Gasteiger partial charge on any atom is -0.497 e. The van der Waals surface area contributed by atoms with E-state index in [1.165, 1.54) is 23.1 Å². The lowest BCUT2D eigenvalue weighted by Crippen LogP contribution is -2.14. The van der Waals surface area contributed by atoms with Crippen LogP contribution in [0.25, 0.3) is 17.0 Å². The second-order valence-corrected chi connectivity index (χ2v) is 7.94. The van der Waals surface area contributed by atoms with Crippen molar-refractivity contribution in [1.29, 1.82) is 0 Å². The monoisotopic (exact) mass is 427 g/mol. The number of hydrogen-bond donors (Lipinski definition) is 1. The number of fused-ring (bicyclic) bond motifs is 1. The molecule has 0 fully saturated rings. The van der Waals surface area contributed by atoms with E-state index >= 15 is 0 Å². The van der Waals surface area contributed by atoms with Gasteiger partial charge >= 0.3 is 0 Å². The molecule has 4 aromatic rings. The van der Waals surface area contributed by atoms with E-state index in [0.717, 1.165) is 22.7 Å². The second kappa shape index (κ2) is 8.53. The zero-order valence-corrected chi connectivity index (χ0v) is 17.3. The fourth-order valence-electron chi connectivity index (χ4n) is 2.51. The molecule has 9 nitrogen and oxygen atoms in total. The molecule has 0 aliphatic heterocycles. The molecule has 0 spiro atoms. The van der Waals surface area contributed by atoms with Gasteiger partial charge in [-0.3, -0.25) is 10.1 Å². The second-order valence-electron chi connectivity index (χ2n) is 5.89. The molecule has 3 aromatic heterocycles. The van der Waals surface area contributed by atoms with Gasteiger partial charge in [0, 0.05) is 5.56 Å². The summed E-state index contributed by atoms with van der Waals surface area (Å²) in [6.07, 6.45) is 0.793. The van der Waals surface area contributed by atoms with Crippen LogP contribution in [0.2, 0.25) is 0 Å². The Hall–Kier alpha value is -3.05. The normalized spacial score (nSPS) is 11.0. The SMILES string of the molecule is CCc1nnc(NC(=O)CSc2ccc3nnc(-c4ccc(OC)cc4)n3n2)s1. The minimum absolute atomic E-state index is 0.158. The molecule has 29 heavy (non-hydrogen) atoms. The molecule has 0 aliphatic rings. The summed E-state index contributed by atoms with van der Waals surface area (Å²) in [6.45, 7) is 1.99. The van der Waals surface area contributed by atoms with Crippen molar-refractivity contribution in [3.63, 3.8) is 0 Å². The number of rotatable bonds is 7. The third-order valence-corrected chi connectivity index (χ3v) is 5.86. The largest absolute Gasteiger partial charge is 0.497 e. The van der Waals surface area contributed by atoms with Gasteiger partial charge in [0.1, 0.15) is 15.8 Å². The number of hydrogen-bond acceptors (Lipinski definition) is 9. The van der Waals surface area contributed by atoms with Crippen molar-refractivity contribution < 1.29 is 9.53 Å². The number of thioether (sulfide) groups is 1. The molecule has 148 valence electrons. The van der Waals surface area contributed by atoms with Gasteiger partial charge in [-0.2, -0.15) is 9.61 Å². The van der Waals surface area contributed by atoms with E-state index in [0.29, 0.717) is 21.6 Å². The van der Waals surface area contributed by atoms with Crippen LogP contribution in [-0.2, 0) is 11.2 Å². The summed E-state index contributed by atoms with van der Waals surface area (Å²) >= 11 is 2.70. The fourth-order valence-corrected chi connectivity index (χ4v) is 3.86. The first-order valence-electron chi connectivity index (χ1n) is 8.78. The summed E-state index contributed by atoms with van der Waals surface area (Å²) in [7, 11) is 1.62. The Bertz CT molecular complexity index is 1140. The summed E-state index contributed by atoms with van der Waals surface area (Å²) in [4.78, 5) is 12.2. The smallest absolute Gasteiger partial charge is 0.236 e. The van der Waals surface area contributed by atoms with Crippen molar-refractivity contribution in [2.24, 2.45) is 0 Å². The van der Waals surface area contributed by atoms with Gasteiger partial charge in [0.25, 0.3) is 0 Å². The van der Waals surface area contributed by atoms with E-state index in [4.69, 9.17) is 4.74 Å². The number of carbonyl (C=O) groups excluding carboxylic acids is 1. The van der Waals surface area contributed by atoms with Crippen LogP contribution in [0.1, 0.15) is 11.9 Å². The Kier molecular flexibility index (Phi) is 5.67. The Morgan fingerprint density at radius 1 is 1.14 bits per heavy atom. The lowest BCUT2D eigenvalue weighted by atomic mass is 10.2. The zero-order chi connectivity index (χ0) is 20.2. The van der Waals surface area contributed by atoms with Gasteiger partial charge in [-0.1, -0.05) is 30.0 Å². The van der Waals surface area contributed by atoms with Crippen LogP contribution >= 0.6 is 23.1 Å². The van der Waals surface area contributed by atoms with Crippen molar-refractivity contribution in [2.75, 3.05) is 18.2 Å². The average Bonchev–Trinajstić information content (AvgIpc) is 3.38. The molecular weight excluding hydrogens is 410 g/mol. The summed E-state index contributed by atoms with van der Waals surface area (Å²) in [5.74, 6) is 1.43. The molecular formula is C18H17N7O2S2. The molecule has 0 saturated carbocycles. The van der Waals surface area contributed by atoms with E-state index in [2.05, 4.69) is 30.8 Å². The van der Waals surface area contributed by atoms with Crippen LogP contribution in [0.5, 0.6) is 5.75 Å². The van der Waals surface area contributed by atoms with E-state index in [-0.39, 0.29) is 11.7 Å². The average molecular weight is 428 g/mol. The lowest BCUT2D eigenvalue weighted by molar-refractivity contribution is -0.113. The van der Waals surface area contributed by atoms with Gasteiger partial charge in [-0.15, -0.1) is 20.4 Å². The van der Waals surface area contributed by atoms with E-state index in [1.807, 2.05) is 43.3 Å². The number of aryl methyl sites for hydroxylation is 1.